The summed E-state index contributed by atoms with van der Waals surface area (Å²) in [6, 6.07) is 0. The average Bonchev–Trinajstić information content (AvgIpc) is 2.60. The van der Waals surface area contributed by atoms with Crippen LogP contribution in [0.15, 0.2) is 17.2 Å². The molecule has 0 aliphatic carbocycles. The van der Waals surface area contributed by atoms with Gasteiger partial charge in [0, 0.05) is 25.4 Å². The number of H-pyrrole nitrogens is 1. The third-order valence-corrected chi connectivity index (χ3v) is 2.92. The molecule has 1 aromatic heterocycles. The van der Waals surface area contributed by atoms with Gasteiger partial charge in [-0.1, -0.05) is 0 Å². The lowest BCUT2D eigenvalue weighted by molar-refractivity contribution is -0.117. The SMILES string of the molecule is O=C1CC(CS)CN1c1ncc[nH]c1=O. The van der Waals surface area contributed by atoms with Crippen LogP contribution in [-0.2, 0) is 4.79 Å². The number of anilines is 1. The lowest BCUT2D eigenvalue weighted by atomic mass is 10.1. The highest BCUT2D eigenvalue weighted by atomic mass is 32.1. The van der Waals surface area contributed by atoms with Gasteiger partial charge in [0.15, 0.2) is 0 Å². The molecule has 6 heteroatoms. The minimum absolute atomic E-state index is 0.0572. The minimum Gasteiger partial charge on any atom is -0.324 e. The summed E-state index contributed by atoms with van der Waals surface area (Å²) in [6.07, 6.45) is 3.36. The molecule has 2 heterocycles. The van der Waals surface area contributed by atoms with Gasteiger partial charge in [-0.05, 0) is 11.7 Å². The van der Waals surface area contributed by atoms with Crippen LogP contribution in [0.3, 0.4) is 0 Å². The molecule has 0 saturated carbocycles. The van der Waals surface area contributed by atoms with Crippen LogP contribution in [0, 0.1) is 5.92 Å². The molecule has 1 saturated heterocycles. The number of aromatic nitrogens is 2. The Hall–Kier alpha value is -1.30. The molecular formula is C9H11N3O2S. The first-order valence-corrected chi connectivity index (χ1v) is 5.30. The van der Waals surface area contributed by atoms with Crippen molar-refractivity contribution in [3.05, 3.63) is 22.7 Å². The predicted octanol–water partition coefficient (Wildman–Crippen LogP) is 0.0526. The Morgan fingerprint density at radius 1 is 1.60 bits per heavy atom. The number of aromatic amines is 1. The first kappa shape index (κ1) is 10.2. The van der Waals surface area contributed by atoms with E-state index in [0.29, 0.717) is 18.7 Å². The fourth-order valence-electron chi connectivity index (χ4n) is 1.64. The van der Waals surface area contributed by atoms with Gasteiger partial charge in [0.05, 0.1) is 0 Å². The van der Waals surface area contributed by atoms with Crippen molar-refractivity contribution in [3.63, 3.8) is 0 Å². The van der Waals surface area contributed by atoms with Crippen molar-refractivity contribution in [2.45, 2.75) is 6.42 Å². The number of carbonyl (C=O) groups excluding carboxylic acids is 1. The van der Waals surface area contributed by atoms with Gasteiger partial charge in [-0.25, -0.2) is 4.98 Å². The second-order valence-corrected chi connectivity index (χ2v) is 3.86. The normalized spacial score (nSPS) is 21.0. The molecule has 1 aliphatic heterocycles. The summed E-state index contributed by atoms with van der Waals surface area (Å²) >= 11 is 4.15. The van der Waals surface area contributed by atoms with Crippen LogP contribution >= 0.6 is 12.6 Å². The molecule has 0 bridgehead atoms. The smallest absolute Gasteiger partial charge is 0.291 e. The molecule has 0 aromatic carbocycles. The molecule has 2 rings (SSSR count). The molecule has 1 unspecified atom stereocenters. The highest BCUT2D eigenvalue weighted by Crippen LogP contribution is 2.21. The van der Waals surface area contributed by atoms with Crippen LogP contribution in [-0.4, -0.2) is 28.2 Å². The van der Waals surface area contributed by atoms with Gasteiger partial charge >= 0.3 is 0 Å². The molecule has 0 radical (unpaired) electrons. The fraction of sp³-hybridized carbons (Fsp3) is 0.444. The van der Waals surface area contributed by atoms with E-state index in [0.717, 1.165) is 0 Å². The molecule has 1 amide bonds. The molecular weight excluding hydrogens is 214 g/mol. The zero-order valence-electron chi connectivity index (χ0n) is 8.01. The van der Waals surface area contributed by atoms with Gasteiger partial charge < -0.3 is 4.98 Å². The Balaban J connectivity index is 2.29. The third-order valence-electron chi connectivity index (χ3n) is 2.41. The van der Waals surface area contributed by atoms with Gasteiger partial charge in [-0.2, -0.15) is 12.6 Å². The lowest BCUT2D eigenvalue weighted by Gasteiger charge is -2.13. The Bertz CT molecular complexity index is 431. The maximum Gasteiger partial charge on any atom is 0.291 e. The van der Waals surface area contributed by atoms with Gasteiger partial charge in [-0.3, -0.25) is 14.5 Å². The Labute approximate surface area is 91.9 Å². The van der Waals surface area contributed by atoms with E-state index in [1.165, 1.54) is 17.3 Å². The third kappa shape index (κ3) is 1.90. The number of carbonyl (C=O) groups is 1. The Morgan fingerprint density at radius 2 is 2.40 bits per heavy atom. The van der Waals surface area contributed by atoms with E-state index < -0.39 is 0 Å². The summed E-state index contributed by atoms with van der Waals surface area (Å²) in [4.78, 5) is 30.9. The molecule has 5 nitrogen and oxygen atoms in total. The average molecular weight is 225 g/mol. The molecule has 0 spiro atoms. The van der Waals surface area contributed by atoms with Gasteiger partial charge in [0.1, 0.15) is 0 Å². The number of amides is 1. The number of nitrogens with zero attached hydrogens (tertiary/aromatic N) is 2. The van der Waals surface area contributed by atoms with Crippen LogP contribution in [0.2, 0.25) is 0 Å². The number of hydrogen-bond acceptors (Lipinski definition) is 4. The molecule has 1 aromatic rings. The summed E-state index contributed by atoms with van der Waals surface area (Å²) in [5.41, 5.74) is -0.328. The van der Waals surface area contributed by atoms with E-state index in [4.69, 9.17) is 0 Å². The first-order chi connectivity index (χ1) is 7.22. The predicted molar refractivity (Wildman–Crippen MR) is 59.2 cm³/mol. The van der Waals surface area contributed by atoms with E-state index in [-0.39, 0.29) is 23.2 Å². The van der Waals surface area contributed by atoms with Crippen LogP contribution in [0.25, 0.3) is 0 Å². The Kier molecular flexibility index (Phi) is 2.77. The monoisotopic (exact) mass is 225 g/mol. The molecule has 1 atom stereocenters. The van der Waals surface area contributed by atoms with E-state index in [2.05, 4.69) is 22.6 Å². The van der Waals surface area contributed by atoms with Crippen molar-refractivity contribution in [3.8, 4) is 0 Å². The first-order valence-electron chi connectivity index (χ1n) is 4.67. The van der Waals surface area contributed by atoms with Gasteiger partial charge in [-0.15, -0.1) is 0 Å². The van der Waals surface area contributed by atoms with Crippen molar-refractivity contribution in [2.75, 3.05) is 17.2 Å². The lowest BCUT2D eigenvalue weighted by Crippen LogP contribution is -2.31. The van der Waals surface area contributed by atoms with Crippen LogP contribution in [0.1, 0.15) is 6.42 Å². The molecule has 1 N–H and O–H groups in total. The largest absolute Gasteiger partial charge is 0.324 e. The summed E-state index contributed by atoms with van der Waals surface area (Å²) in [5, 5.41) is 0. The van der Waals surface area contributed by atoms with Crippen molar-refractivity contribution in [1.82, 2.24) is 9.97 Å². The fourth-order valence-corrected chi connectivity index (χ4v) is 1.89. The zero-order valence-corrected chi connectivity index (χ0v) is 8.91. The maximum atomic E-state index is 11.6. The zero-order chi connectivity index (χ0) is 10.8. The quantitative estimate of drug-likeness (QED) is 0.699. The number of thiol groups is 1. The van der Waals surface area contributed by atoms with Crippen molar-refractivity contribution >= 4 is 24.4 Å². The Morgan fingerprint density at radius 3 is 3.00 bits per heavy atom. The molecule has 80 valence electrons. The number of hydrogen-bond donors (Lipinski definition) is 2. The minimum atomic E-state index is -0.328. The van der Waals surface area contributed by atoms with E-state index in [1.807, 2.05) is 0 Å². The number of nitrogens with one attached hydrogen (secondary N) is 1. The summed E-state index contributed by atoms with van der Waals surface area (Å²) in [5.74, 6) is 0.986. The second-order valence-electron chi connectivity index (χ2n) is 3.50. The van der Waals surface area contributed by atoms with Gasteiger partial charge in [0.2, 0.25) is 11.7 Å². The maximum absolute atomic E-state index is 11.6. The van der Waals surface area contributed by atoms with Crippen LogP contribution < -0.4 is 10.5 Å². The summed E-state index contributed by atoms with van der Waals surface area (Å²) < 4.78 is 0. The highest BCUT2D eigenvalue weighted by Gasteiger charge is 2.31. The van der Waals surface area contributed by atoms with Crippen LogP contribution in [0.5, 0.6) is 0 Å². The second kappa shape index (κ2) is 4.06. The van der Waals surface area contributed by atoms with Gasteiger partial charge in [0.25, 0.3) is 5.56 Å². The van der Waals surface area contributed by atoms with Crippen molar-refractivity contribution in [1.29, 1.82) is 0 Å². The topological polar surface area (TPSA) is 66.1 Å². The molecule has 1 aliphatic rings. The summed E-state index contributed by atoms with van der Waals surface area (Å²) in [6.45, 7) is 0.530. The molecule has 15 heavy (non-hydrogen) atoms. The van der Waals surface area contributed by atoms with E-state index >= 15 is 0 Å². The van der Waals surface area contributed by atoms with Crippen molar-refractivity contribution in [2.24, 2.45) is 5.92 Å². The van der Waals surface area contributed by atoms with E-state index in [1.54, 1.807) is 0 Å². The summed E-state index contributed by atoms with van der Waals surface area (Å²) in [7, 11) is 0. The van der Waals surface area contributed by atoms with Crippen molar-refractivity contribution < 1.29 is 4.79 Å². The standard InChI is InChI=1S/C9H11N3O2S/c13-7-3-6(5-15)4-12(7)8-9(14)11-2-1-10-8/h1-2,6,15H,3-5H2,(H,11,14). The van der Waals surface area contributed by atoms with Crippen LogP contribution in [0.4, 0.5) is 5.82 Å². The highest BCUT2D eigenvalue weighted by molar-refractivity contribution is 7.80. The number of rotatable bonds is 2. The van der Waals surface area contributed by atoms with E-state index in [9.17, 15) is 9.59 Å². The molecule has 1 fully saturated rings.